The molecule has 1 unspecified atom stereocenters. The van der Waals surface area contributed by atoms with E-state index < -0.39 is 0 Å². The average molecular weight is 394 g/mol. The quantitative estimate of drug-likeness (QED) is 0.488. The maximum atomic E-state index is 13.5. The summed E-state index contributed by atoms with van der Waals surface area (Å²) < 4.78 is 0. The summed E-state index contributed by atoms with van der Waals surface area (Å²) in [6.45, 7) is 1.97. The zero-order valence-electron chi connectivity index (χ0n) is 15.1. The van der Waals surface area contributed by atoms with E-state index in [-0.39, 0.29) is 11.2 Å². The molecule has 1 aliphatic heterocycles. The highest BCUT2D eigenvalue weighted by Gasteiger charge is 2.29. The number of benzene rings is 3. The smallest absolute Gasteiger partial charge is 0.244 e. The van der Waals surface area contributed by atoms with Gasteiger partial charge >= 0.3 is 0 Å². The summed E-state index contributed by atoms with van der Waals surface area (Å²) in [5, 5.41) is 0.485. The normalized spacial score (nSPS) is 14.1. The van der Waals surface area contributed by atoms with Crippen LogP contribution in [0.2, 0.25) is 5.02 Å². The van der Waals surface area contributed by atoms with Crippen molar-refractivity contribution in [2.75, 3.05) is 4.90 Å². The number of thioether (sulfide) groups is 1. The molecule has 1 atom stereocenters. The molecule has 4 rings (SSSR count). The number of para-hydroxylation sites is 2. The van der Waals surface area contributed by atoms with Crippen molar-refractivity contribution in [3.63, 3.8) is 0 Å². The maximum absolute atomic E-state index is 13.5. The van der Waals surface area contributed by atoms with Gasteiger partial charge in [-0.15, -0.1) is 11.8 Å². The second kappa shape index (κ2) is 7.79. The highest BCUT2D eigenvalue weighted by molar-refractivity contribution is 8.00. The molecule has 3 aromatic carbocycles. The van der Waals surface area contributed by atoms with E-state index in [0.29, 0.717) is 5.02 Å². The average Bonchev–Trinajstić information content (AvgIpc) is 2.86. The molecule has 0 bridgehead atoms. The molecule has 1 aliphatic rings. The molecule has 0 fully saturated rings. The van der Waals surface area contributed by atoms with Gasteiger partial charge in [0.1, 0.15) is 0 Å². The molecular formula is C23H20ClNOS. The molecule has 0 aromatic heterocycles. The van der Waals surface area contributed by atoms with Crippen LogP contribution in [0.5, 0.6) is 0 Å². The number of anilines is 2. The fourth-order valence-electron chi connectivity index (χ4n) is 3.47. The third-order valence-electron chi connectivity index (χ3n) is 4.82. The number of hydrogen-bond donors (Lipinski definition) is 0. The molecule has 27 heavy (non-hydrogen) atoms. The Kier molecular flexibility index (Phi) is 5.24. The van der Waals surface area contributed by atoms with Crippen LogP contribution >= 0.6 is 23.4 Å². The van der Waals surface area contributed by atoms with Crippen molar-refractivity contribution >= 4 is 40.6 Å². The Morgan fingerprint density at radius 1 is 0.889 bits per heavy atom. The molecule has 1 heterocycles. The summed E-state index contributed by atoms with van der Waals surface area (Å²) in [6, 6.07) is 24.1. The fraction of sp³-hybridized carbons (Fsp3) is 0.174. The van der Waals surface area contributed by atoms with Crippen molar-refractivity contribution < 1.29 is 4.79 Å². The Balaban J connectivity index is 1.71. The molecule has 0 saturated carbocycles. The number of rotatable bonds is 3. The standard InChI is InChI=1S/C23H20ClNOS/c1-16(27-20-14-12-19(24)13-15-20)23(26)25-21-8-4-2-6-17(21)10-11-18-7-3-5-9-22(18)25/h2-9,12-16H,10-11H2,1H3. The highest BCUT2D eigenvalue weighted by atomic mass is 35.5. The summed E-state index contributed by atoms with van der Waals surface area (Å²) in [6.07, 6.45) is 1.88. The Morgan fingerprint density at radius 3 is 1.96 bits per heavy atom. The summed E-state index contributed by atoms with van der Waals surface area (Å²) in [5.41, 5.74) is 4.42. The van der Waals surface area contributed by atoms with Crippen LogP contribution in [0.25, 0.3) is 0 Å². The second-order valence-corrected chi connectivity index (χ2v) is 8.50. The molecule has 2 nitrogen and oxygen atoms in total. The zero-order valence-corrected chi connectivity index (χ0v) is 16.6. The van der Waals surface area contributed by atoms with E-state index in [9.17, 15) is 4.79 Å². The van der Waals surface area contributed by atoms with Gasteiger partial charge in [-0.1, -0.05) is 48.0 Å². The Labute approximate surface area is 169 Å². The maximum Gasteiger partial charge on any atom is 0.244 e. The predicted molar refractivity (Wildman–Crippen MR) is 114 cm³/mol. The fourth-order valence-corrected chi connectivity index (χ4v) is 4.50. The number of carbonyl (C=O) groups is 1. The van der Waals surface area contributed by atoms with Crippen LogP contribution in [0.1, 0.15) is 18.1 Å². The molecule has 0 spiro atoms. The number of hydrogen-bond acceptors (Lipinski definition) is 2. The van der Waals surface area contributed by atoms with Gasteiger partial charge < -0.3 is 0 Å². The van der Waals surface area contributed by atoms with E-state index in [1.807, 2.05) is 60.4 Å². The van der Waals surface area contributed by atoms with Crippen LogP contribution in [0.3, 0.4) is 0 Å². The topological polar surface area (TPSA) is 20.3 Å². The van der Waals surface area contributed by atoms with Gasteiger partial charge in [-0.3, -0.25) is 9.69 Å². The van der Waals surface area contributed by atoms with Gasteiger partial charge in [0.25, 0.3) is 0 Å². The van der Waals surface area contributed by atoms with E-state index in [1.165, 1.54) is 11.1 Å². The summed E-state index contributed by atoms with van der Waals surface area (Å²) in [5.74, 6) is 0.0942. The molecule has 1 amide bonds. The van der Waals surface area contributed by atoms with E-state index in [1.54, 1.807) is 11.8 Å². The lowest BCUT2D eigenvalue weighted by Crippen LogP contribution is -2.33. The van der Waals surface area contributed by atoms with Crippen LogP contribution < -0.4 is 4.90 Å². The summed E-state index contributed by atoms with van der Waals surface area (Å²) >= 11 is 7.54. The van der Waals surface area contributed by atoms with Crippen LogP contribution in [0.15, 0.2) is 77.7 Å². The minimum absolute atomic E-state index is 0.0942. The van der Waals surface area contributed by atoms with Gasteiger partial charge in [-0.25, -0.2) is 0 Å². The Bertz CT molecular complexity index is 923. The van der Waals surface area contributed by atoms with Gasteiger partial charge in [-0.05, 0) is 67.3 Å². The Hall–Kier alpha value is -2.23. The number of amides is 1. The molecule has 0 aliphatic carbocycles. The van der Waals surface area contributed by atoms with Crippen molar-refractivity contribution in [2.45, 2.75) is 29.9 Å². The predicted octanol–water partition coefficient (Wildman–Crippen LogP) is 6.28. The number of fused-ring (bicyclic) bond motifs is 2. The number of nitrogens with zero attached hydrogens (tertiary/aromatic N) is 1. The first kappa shape index (κ1) is 18.1. The minimum Gasteiger partial charge on any atom is -0.280 e. The molecule has 4 heteroatoms. The third-order valence-corrected chi connectivity index (χ3v) is 6.17. The van der Waals surface area contributed by atoms with Gasteiger partial charge in [0.05, 0.1) is 16.6 Å². The lowest BCUT2D eigenvalue weighted by Gasteiger charge is -2.27. The van der Waals surface area contributed by atoms with Gasteiger partial charge in [0.15, 0.2) is 0 Å². The zero-order chi connectivity index (χ0) is 18.8. The van der Waals surface area contributed by atoms with Crippen LogP contribution in [0, 0.1) is 0 Å². The molecule has 0 N–H and O–H groups in total. The lowest BCUT2D eigenvalue weighted by molar-refractivity contribution is -0.117. The lowest BCUT2D eigenvalue weighted by atomic mass is 10.0. The molecule has 0 saturated heterocycles. The van der Waals surface area contributed by atoms with Crippen LogP contribution in [-0.4, -0.2) is 11.2 Å². The summed E-state index contributed by atoms with van der Waals surface area (Å²) in [7, 11) is 0. The third kappa shape index (κ3) is 3.76. The van der Waals surface area contributed by atoms with Gasteiger partial charge in [0.2, 0.25) is 5.91 Å². The van der Waals surface area contributed by atoms with Gasteiger partial charge in [-0.2, -0.15) is 0 Å². The minimum atomic E-state index is -0.217. The number of carbonyl (C=O) groups excluding carboxylic acids is 1. The van der Waals surface area contributed by atoms with Crippen molar-refractivity contribution in [1.82, 2.24) is 0 Å². The van der Waals surface area contributed by atoms with Crippen LogP contribution in [0.4, 0.5) is 11.4 Å². The molecule has 3 aromatic rings. The van der Waals surface area contributed by atoms with Crippen molar-refractivity contribution in [1.29, 1.82) is 0 Å². The second-order valence-electron chi connectivity index (χ2n) is 6.65. The SMILES string of the molecule is CC(Sc1ccc(Cl)cc1)C(=O)N1c2ccccc2CCc2ccccc21. The van der Waals surface area contributed by atoms with Crippen LogP contribution in [-0.2, 0) is 17.6 Å². The van der Waals surface area contributed by atoms with Crippen molar-refractivity contribution in [3.05, 3.63) is 88.9 Å². The molecule has 0 radical (unpaired) electrons. The van der Waals surface area contributed by atoms with E-state index in [4.69, 9.17) is 11.6 Å². The van der Waals surface area contributed by atoms with Crippen molar-refractivity contribution in [2.24, 2.45) is 0 Å². The highest BCUT2D eigenvalue weighted by Crippen LogP contribution is 2.38. The Morgan fingerprint density at radius 2 is 1.41 bits per heavy atom. The van der Waals surface area contributed by atoms with Gasteiger partial charge in [0, 0.05) is 9.92 Å². The monoisotopic (exact) mass is 393 g/mol. The van der Waals surface area contributed by atoms with Crippen molar-refractivity contribution in [3.8, 4) is 0 Å². The summed E-state index contributed by atoms with van der Waals surface area (Å²) in [4.78, 5) is 16.5. The van der Waals surface area contributed by atoms with E-state index in [0.717, 1.165) is 29.1 Å². The molecule has 136 valence electrons. The van der Waals surface area contributed by atoms with E-state index >= 15 is 0 Å². The van der Waals surface area contributed by atoms with E-state index in [2.05, 4.69) is 24.3 Å². The largest absolute Gasteiger partial charge is 0.280 e. The first-order valence-corrected chi connectivity index (χ1v) is 10.3. The molecular weight excluding hydrogens is 374 g/mol. The first-order chi connectivity index (χ1) is 13.1. The number of aryl methyl sites for hydroxylation is 2. The number of halogens is 1. The first-order valence-electron chi connectivity index (χ1n) is 9.05.